The SMILES string of the molecule is O=C(c1cc(S(=O)(=O)N2CCCC2)c[nH]1)N1CCN(C(c2ccc(F)cc2)c2ccc(F)cc2)CC1. The van der Waals surface area contributed by atoms with E-state index in [4.69, 9.17) is 0 Å². The van der Waals surface area contributed by atoms with E-state index in [1.165, 1.54) is 40.8 Å². The quantitative estimate of drug-likeness (QED) is 0.545. The molecule has 1 aromatic heterocycles. The Kier molecular flexibility index (Phi) is 6.92. The van der Waals surface area contributed by atoms with Crippen molar-refractivity contribution in [2.45, 2.75) is 23.8 Å². The minimum Gasteiger partial charge on any atom is -0.356 e. The minimum absolute atomic E-state index is 0.110. The number of carbonyl (C=O) groups excluding carboxylic acids is 1. The molecule has 7 nitrogen and oxygen atoms in total. The Balaban J connectivity index is 1.30. The van der Waals surface area contributed by atoms with Gasteiger partial charge in [-0.2, -0.15) is 4.31 Å². The van der Waals surface area contributed by atoms with Crippen molar-refractivity contribution in [2.75, 3.05) is 39.3 Å². The lowest BCUT2D eigenvalue weighted by Crippen LogP contribution is -2.50. The highest BCUT2D eigenvalue weighted by Crippen LogP contribution is 2.30. The third kappa shape index (κ3) is 4.93. The molecule has 2 saturated heterocycles. The second-order valence-electron chi connectivity index (χ2n) is 9.19. The molecule has 3 aromatic rings. The Labute approximate surface area is 209 Å². The molecule has 10 heteroatoms. The molecular formula is C26H28F2N4O3S. The molecule has 1 N–H and O–H groups in total. The van der Waals surface area contributed by atoms with Crippen molar-refractivity contribution in [1.82, 2.24) is 19.1 Å². The summed E-state index contributed by atoms with van der Waals surface area (Å²) in [5, 5.41) is 0. The van der Waals surface area contributed by atoms with Crippen LogP contribution in [0.5, 0.6) is 0 Å². The number of hydrogen-bond acceptors (Lipinski definition) is 4. The lowest BCUT2D eigenvalue weighted by molar-refractivity contribution is 0.0592. The second-order valence-corrected chi connectivity index (χ2v) is 11.1. The molecule has 2 aromatic carbocycles. The van der Waals surface area contributed by atoms with E-state index in [2.05, 4.69) is 9.88 Å². The average molecular weight is 515 g/mol. The zero-order valence-electron chi connectivity index (χ0n) is 19.7. The molecule has 5 rings (SSSR count). The number of benzene rings is 2. The first-order chi connectivity index (χ1) is 17.3. The van der Waals surface area contributed by atoms with Gasteiger partial charge in [0.25, 0.3) is 5.91 Å². The van der Waals surface area contributed by atoms with Crippen molar-refractivity contribution in [3.63, 3.8) is 0 Å². The molecule has 0 unspecified atom stereocenters. The highest BCUT2D eigenvalue weighted by molar-refractivity contribution is 7.89. The third-order valence-electron chi connectivity index (χ3n) is 6.93. The number of halogens is 2. The number of nitrogens with zero attached hydrogens (tertiary/aromatic N) is 3. The number of carbonyl (C=O) groups is 1. The van der Waals surface area contributed by atoms with E-state index in [0.717, 1.165) is 24.0 Å². The summed E-state index contributed by atoms with van der Waals surface area (Å²) in [6, 6.07) is 13.7. The zero-order chi connectivity index (χ0) is 25.3. The largest absolute Gasteiger partial charge is 0.356 e. The number of aromatic amines is 1. The van der Waals surface area contributed by atoms with Gasteiger partial charge in [0.1, 0.15) is 22.2 Å². The maximum Gasteiger partial charge on any atom is 0.270 e. The maximum absolute atomic E-state index is 13.6. The van der Waals surface area contributed by atoms with Crippen molar-refractivity contribution >= 4 is 15.9 Å². The third-order valence-corrected chi connectivity index (χ3v) is 8.80. The van der Waals surface area contributed by atoms with Gasteiger partial charge in [-0.25, -0.2) is 17.2 Å². The van der Waals surface area contributed by atoms with Crippen LogP contribution < -0.4 is 0 Å². The van der Waals surface area contributed by atoms with Crippen molar-refractivity contribution in [3.8, 4) is 0 Å². The number of nitrogens with one attached hydrogen (secondary N) is 1. The monoisotopic (exact) mass is 514 g/mol. The highest BCUT2D eigenvalue weighted by atomic mass is 32.2. The minimum atomic E-state index is -3.60. The van der Waals surface area contributed by atoms with Crippen LogP contribution in [0.1, 0.15) is 40.5 Å². The molecule has 0 aliphatic carbocycles. The molecule has 2 fully saturated rings. The average Bonchev–Trinajstić information content (AvgIpc) is 3.60. The van der Waals surface area contributed by atoms with Gasteiger partial charge in [-0.15, -0.1) is 0 Å². The number of rotatable bonds is 6. The van der Waals surface area contributed by atoms with Gasteiger partial charge in [0.05, 0.1) is 6.04 Å². The Bertz CT molecular complexity index is 1270. The molecular weight excluding hydrogens is 486 g/mol. The van der Waals surface area contributed by atoms with Crippen LogP contribution >= 0.6 is 0 Å². The van der Waals surface area contributed by atoms with E-state index in [1.807, 2.05) is 0 Å². The highest BCUT2D eigenvalue weighted by Gasteiger charge is 2.31. The van der Waals surface area contributed by atoms with Gasteiger partial charge < -0.3 is 9.88 Å². The van der Waals surface area contributed by atoms with Gasteiger partial charge in [0, 0.05) is 45.5 Å². The molecule has 1 amide bonds. The molecule has 190 valence electrons. The summed E-state index contributed by atoms with van der Waals surface area (Å²) < 4.78 is 54.2. The number of aromatic nitrogens is 1. The summed E-state index contributed by atoms with van der Waals surface area (Å²) in [5.74, 6) is -0.911. The van der Waals surface area contributed by atoms with Gasteiger partial charge in [-0.05, 0) is 54.3 Å². The molecule has 2 aliphatic rings. The molecule has 0 atom stereocenters. The van der Waals surface area contributed by atoms with Crippen molar-refractivity contribution in [2.24, 2.45) is 0 Å². The molecule has 36 heavy (non-hydrogen) atoms. The van der Waals surface area contributed by atoms with Crippen molar-refractivity contribution < 1.29 is 22.0 Å². The lowest BCUT2D eigenvalue weighted by atomic mass is 9.96. The number of amides is 1. The smallest absolute Gasteiger partial charge is 0.270 e. The van der Waals surface area contributed by atoms with Crippen LogP contribution in [0.2, 0.25) is 0 Å². The normalized spacial score (nSPS) is 17.7. The fraction of sp³-hybridized carbons (Fsp3) is 0.346. The van der Waals surface area contributed by atoms with Crippen LogP contribution in [0.15, 0.2) is 65.7 Å². The van der Waals surface area contributed by atoms with Gasteiger partial charge >= 0.3 is 0 Å². The molecule has 0 saturated carbocycles. The van der Waals surface area contributed by atoms with Crippen LogP contribution in [-0.2, 0) is 10.0 Å². The van der Waals surface area contributed by atoms with E-state index in [0.29, 0.717) is 39.3 Å². The maximum atomic E-state index is 13.6. The van der Waals surface area contributed by atoms with Gasteiger partial charge in [-0.3, -0.25) is 9.69 Å². The Morgan fingerprint density at radius 1 is 0.806 bits per heavy atom. The van der Waals surface area contributed by atoms with Gasteiger partial charge in [0.2, 0.25) is 10.0 Å². The zero-order valence-corrected chi connectivity index (χ0v) is 20.6. The summed E-state index contributed by atoms with van der Waals surface area (Å²) in [6.45, 7) is 2.97. The number of hydrogen-bond donors (Lipinski definition) is 1. The summed E-state index contributed by atoms with van der Waals surface area (Å²) in [6.07, 6.45) is 3.07. The van der Waals surface area contributed by atoms with E-state index in [1.54, 1.807) is 29.2 Å². The van der Waals surface area contributed by atoms with E-state index >= 15 is 0 Å². The number of piperazine rings is 1. The van der Waals surface area contributed by atoms with Crippen molar-refractivity contribution in [1.29, 1.82) is 0 Å². The first-order valence-corrected chi connectivity index (χ1v) is 13.5. The van der Waals surface area contributed by atoms with Crippen LogP contribution in [0.4, 0.5) is 8.78 Å². The first-order valence-electron chi connectivity index (χ1n) is 12.1. The topological polar surface area (TPSA) is 76.7 Å². The predicted octanol–water partition coefficient (Wildman–Crippen LogP) is 3.62. The van der Waals surface area contributed by atoms with Crippen LogP contribution in [0.3, 0.4) is 0 Å². The molecule has 0 spiro atoms. The second kappa shape index (κ2) is 10.1. The van der Waals surface area contributed by atoms with Gasteiger partial charge in [-0.1, -0.05) is 24.3 Å². The Morgan fingerprint density at radius 3 is 1.86 bits per heavy atom. The predicted molar refractivity (Wildman–Crippen MR) is 131 cm³/mol. The fourth-order valence-electron chi connectivity index (χ4n) is 4.98. The fourth-order valence-corrected chi connectivity index (χ4v) is 6.49. The first kappa shape index (κ1) is 24.6. The molecule has 2 aliphatic heterocycles. The number of H-pyrrole nitrogens is 1. The molecule has 0 bridgehead atoms. The van der Waals surface area contributed by atoms with Crippen LogP contribution in [0, 0.1) is 11.6 Å². The number of sulfonamides is 1. The van der Waals surface area contributed by atoms with Crippen LogP contribution in [-0.4, -0.2) is 72.7 Å². The summed E-state index contributed by atoms with van der Waals surface area (Å²) in [5.41, 5.74) is 2.00. The Morgan fingerprint density at radius 2 is 1.33 bits per heavy atom. The summed E-state index contributed by atoms with van der Waals surface area (Å²) in [4.78, 5) is 20.0. The molecule has 3 heterocycles. The molecule has 0 radical (unpaired) electrons. The summed E-state index contributed by atoms with van der Waals surface area (Å²) in [7, 11) is -3.60. The van der Waals surface area contributed by atoms with Crippen LogP contribution in [0.25, 0.3) is 0 Å². The van der Waals surface area contributed by atoms with E-state index in [-0.39, 0.29) is 34.2 Å². The van der Waals surface area contributed by atoms with Gasteiger partial charge in [0.15, 0.2) is 0 Å². The standard InChI is InChI=1S/C26H28F2N4O3S/c27-21-7-3-19(4-8-21)25(20-5-9-22(28)10-6-20)30-13-15-31(16-14-30)26(33)24-17-23(18-29-24)36(34,35)32-11-1-2-12-32/h3-10,17-18,25,29H,1-2,11-16H2. The summed E-state index contributed by atoms with van der Waals surface area (Å²) >= 11 is 0. The Hall–Kier alpha value is -3.08. The van der Waals surface area contributed by atoms with Crippen molar-refractivity contribution in [3.05, 3.63) is 89.2 Å². The van der Waals surface area contributed by atoms with E-state index < -0.39 is 10.0 Å². The van der Waals surface area contributed by atoms with E-state index in [9.17, 15) is 22.0 Å². The lowest BCUT2D eigenvalue weighted by Gasteiger charge is -2.39.